The maximum atomic E-state index is 12.3. The van der Waals surface area contributed by atoms with Crippen molar-refractivity contribution < 1.29 is 13.5 Å². The summed E-state index contributed by atoms with van der Waals surface area (Å²) < 4.78 is 27.8. The third-order valence-corrected chi connectivity index (χ3v) is 6.03. The molecule has 0 aliphatic rings. The number of nitrogens with one attached hydrogen (secondary N) is 1. The molecule has 0 aromatic heterocycles. The van der Waals surface area contributed by atoms with Crippen molar-refractivity contribution in [3.05, 3.63) is 27.7 Å². The maximum Gasteiger partial charge on any atom is 0.242 e. The summed E-state index contributed by atoms with van der Waals surface area (Å²) >= 11 is 9.20. The van der Waals surface area contributed by atoms with Crippen molar-refractivity contribution in [1.82, 2.24) is 4.72 Å². The zero-order valence-electron chi connectivity index (χ0n) is 11.5. The van der Waals surface area contributed by atoms with Crippen LogP contribution in [-0.2, 0) is 10.0 Å². The molecule has 2 N–H and O–H groups in total. The van der Waals surface area contributed by atoms with Crippen LogP contribution in [0.1, 0.15) is 26.7 Å². The number of aliphatic hydroxyl groups excluding tert-OH is 1. The lowest BCUT2D eigenvalue weighted by atomic mass is 9.84. The van der Waals surface area contributed by atoms with Crippen LogP contribution in [0.15, 0.2) is 27.6 Å². The van der Waals surface area contributed by atoms with Crippen LogP contribution in [0, 0.1) is 5.41 Å². The largest absolute Gasteiger partial charge is 0.396 e. The SMILES string of the molecule is CCC(CC)(CO)CNS(=O)(=O)c1ccc(Br)cc1Cl. The minimum absolute atomic E-state index is 0.0430. The molecule has 0 amide bonds. The molecule has 0 heterocycles. The van der Waals surface area contributed by atoms with E-state index in [2.05, 4.69) is 20.7 Å². The van der Waals surface area contributed by atoms with Gasteiger partial charge in [-0.15, -0.1) is 0 Å². The quantitative estimate of drug-likeness (QED) is 0.759. The lowest BCUT2D eigenvalue weighted by Gasteiger charge is -2.29. The van der Waals surface area contributed by atoms with E-state index in [0.29, 0.717) is 17.3 Å². The van der Waals surface area contributed by atoms with Gasteiger partial charge in [-0.1, -0.05) is 41.4 Å². The van der Waals surface area contributed by atoms with Gasteiger partial charge in [-0.3, -0.25) is 0 Å². The second-order valence-electron chi connectivity index (χ2n) is 4.76. The van der Waals surface area contributed by atoms with Crippen molar-refractivity contribution in [3.63, 3.8) is 0 Å². The molecule has 114 valence electrons. The molecule has 1 aromatic rings. The summed E-state index contributed by atoms with van der Waals surface area (Å²) in [4.78, 5) is 0.0430. The predicted molar refractivity (Wildman–Crippen MR) is 84.4 cm³/mol. The van der Waals surface area contributed by atoms with Crippen LogP contribution < -0.4 is 4.72 Å². The van der Waals surface area contributed by atoms with Crippen molar-refractivity contribution in [2.24, 2.45) is 5.41 Å². The standard InChI is InChI=1S/C13H19BrClNO3S/c1-3-13(4-2,9-17)8-16-20(18,19)12-6-5-10(14)7-11(12)15/h5-7,16-17H,3-4,8-9H2,1-2H3. The fourth-order valence-corrected chi connectivity index (χ4v) is 3.99. The number of rotatable bonds is 7. The van der Waals surface area contributed by atoms with E-state index >= 15 is 0 Å². The van der Waals surface area contributed by atoms with Gasteiger partial charge in [-0.05, 0) is 31.0 Å². The molecule has 0 bridgehead atoms. The molecular formula is C13H19BrClNO3S. The molecule has 1 rings (SSSR count). The third kappa shape index (κ3) is 4.18. The first-order valence-electron chi connectivity index (χ1n) is 6.36. The summed E-state index contributed by atoms with van der Waals surface area (Å²) in [7, 11) is -3.69. The normalized spacial score (nSPS) is 12.7. The van der Waals surface area contributed by atoms with Gasteiger partial charge in [0, 0.05) is 23.0 Å². The van der Waals surface area contributed by atoms with E-state index in [1.165, 1.54) is 12.1 Å². The molecule has 0 atom stereocenters. The molecule has 0 unspecified atom stereocenters. The van der Waals surface area contributed by atoms with E-state index in [1.807, 2.05) is 13.8 Å². The van der Waals surface area contributed by atoms with Gasteiger partial charge in [-0.25, -0.2) is 13.1 Å². The van der Waals surface area contributed by atoms with Gasteiger partial charge in [0.15, 0.2) is 0 Å². The highest BCUT2D eigenvalue weighted by atomic mass is 79.9. The number of aliphatic hydroxyl groups is 1. The van der Waals surface area contributed by atoms with Crippen molar-refractivity contribution in [2.45, 2.75) is 31.6 Å². The highest BCUT2D eigenvalue weighted by molar-refractivity contribution is 9.10. The predicted octanol–water partition coefficient (Wildman–Crippen LogP) is 3.18. The Kier molecular flexibility index (Phi) is 6.47. The average molecular weight is 385 g/mol. The Bertz CT molecular complexity index is 550. The first-order chi connectivity index (χ1) is 9.30. The molecule has 0 spiro atoms. The third-order valence-electron chi connectivity index (χ3n) is 3.66. The second kappa shape index (κ2) is 7.22. The first-order valence-corrected chi connectivity index (χ1v) is 9.01. The van der Waals surface area contributed by atoms with Gasteiger partial charge < -0.3 is 5.11 Å². The van der Waals surface area contributed by atoms with E-state index in [4.69, 9.17) is 11.6 Å². The van der Waals surface area contributed by atoms with Gasteiger partial charge in [0.25, 0.3) is 0 Å². The van der Waals surface area contributed by atoms with Gasteiger partial charge in [0.1, 0.15) is 4.90 Å². The van der Waals surface area contributed by atoms with Crippen molar-refractivity contribution in [3.8, 4) is 0 Å². The molecule has 0 radical (unpaired) electrons. The molecule has 0 aliphatic carbocycles. The molecule has 0 aliphatic heterocycles. The molecular weight excluding hydrogens is 366 g/mol. The molecule has 4 nitrogen and oxygen atoms in total. The molecule has 0 fully saturated rings. The number of hydrogen-bond acceptors (Lipinski definition) is 3. The Hall–Kier alpha value is -0.140. The summed E-state index contributed by atoms with van der Waals surface area (Å²) in [6.45, 7) is 3.99. The van der Waals surface area contributed by atoms with Crippen LogP contribution in [-0.4, -0.2) is 26.7 Å². The van der Waals surface area contributed by atoms with Gasteiger partial charge in [0.2, 0.25) is 10.0 Å². The van der Waals surface area contributed by atoms with E-state index in [0.717, 1.165) is 0 Å². The molecule has 20 heavy (non-hydrogen) atoms. The fourth-order valence-electron chi connectivity index (χ4n) is 1.80. The Labute approximate surface area is 133 Å². The van der Waals surface area contributed by atoms with Crippen molar-refractivity contribution in [2.75, 3.05) is 13.2 Å². The monoisotopic (exact) mass is 383 g/mol. The zero-order chi connectivity index (χ0) is 15.4. The molecule has 7 heteroatoms. The Morgan fingerprint density at radius 2 is 1.95 bits per heavy atom. The van der Waals surface area contributed by atoms with Crippen LogP contribution in [0.2, 0.25) is 5.02 Å². The van der Waals surface area contributed by atoms with Crippen LogP contribution in [0.25, 0.3) is 0 Å². The van der Waals surface area contributed by atoms with E-state index in [9.17, 15) is 13.5 Å². The molecule has 1 aromatic carbocycles. The summed E-state index contributed by atoms with van der Waals surface area (Å²) in [6, 6.07) is 4.61. The minimum Gasteiger partial charge on any atom is -0.396 e. The second-order valence-corrected chi connectivity index (χ2v) is 7.82. The molecule has 0 saturated heterocycles. The van der Waals surface area contributed by atoms with Crippen LogP contribution in [0.4, 0.5) is 0 Å². The number of sulfonamides is 1. The zero-order valence-corrected chi connectivity index (χ0v) is 14.6. The lowest BCUT2D eigenvalue weighted by Crippen LogP contribution is -2.39. The van der Waals surface area contributed by atoms with E-state index in [1.54, 1.807) is 6.07 Å². The molecule has 0 saturated carbocycles. The van der Waals surface area contributed by atoms with Crippen LogP contribution in [0.3, 0.4) is 0 Å². The number of hydrogen-bond donors (Lipinski definition) is 2. The van der Waals surface area contributed by atoms with Crippen LogP contribution >= 0.6 is 27.5 Å². The first kappa shape index (κ1) is 17.9. The number of benzene rings is 1. The highest BCUT2D eigenvalue weighted by Gasteiger charge is 2.28. The van der Waals surface area contributed by atoms with Gasteiger partial charge in [0.05, 0.1) is 5.02 Å². The summed E-state index contributed by atoms with van der Waals surface area (Å²) in [6.07, 6.45) is 1.38. The van der Waals surface area contributed by atoms with E-state index in [-0.39, 0.29) is 23.1 Å². The Morgan fingerprint density at radius 1 is 1.35 bits per heavy atom. The number of halogens is 2. The smallest absolute Gasteiger partial charge is 0.242 e. The van der Waals surface area contributed by atoms with Crippen molar-refractivity contribution in [1.29, 1.82) is 0 Å². The summed E-state index contributed by atoms with van der Waals surface area (Å²) in [5, 5.41) is 9.63. The summed E-state index contributed by atoms with van der Waals surface area (Å²) in [5.41, 5.74) is -0.436. The van der Waals surface area contributed by atoms with Crippen molar-refractivity contribution >= 4 is 37.6 Å². The topological polar surface area (TPSA) is 66.4 Å². The highest BCUT2D eigenvalue weighted by Crippen LogP contribution is 2.28. The fraction of sp³-hybridized carbons (Fsp3) is 0.538. The van der Waals surface area contributed by atoms with Gasteiger partial charge >= 0.3 is 0 Å². The van der Waals surface area contributed by atoms with Crippen LogP contribution in [0.5, 0.6) is 0 Å². The maximum absolute atomic E-state index is 12.3. The lowest BCUT2D eigenvalue weighted by molar-refractivity contribution is 0.119. The average Bonchev–Trinajstić information content (AvgIpc) is 2.40. The minimum atomic E-state index is -3.69. The Morgan fingerprint density at radius 3 is 2.40 bits per heavy atom. The summed E-state index contributed by atoms with van der Waals surface area (Å²) in [5.74, 6) is 0. The Balaban J connectivity index is 2.96. The van der Waals surface area contributed by atoms with E-state index < -0.39 is 15.4 Å². The van der Waals surface area contributed by atoms with Gasteiger partial charge in [-0.2, -0.15) is 0 Å².